The molecule has 0 spiro atoms. The Balaban J connectivity index is 1.36. The molecule has 0 radical (unpaired) electrons. The molecule has 0 saturated carbocycles. The summed E-state index contributed by atoms with van der Waals surface area (Å²) in [5.41, 5.74) is 15.0. The zero-order valence-electron chi connectivity index (χ0n) is 25.7. The van der Waals surface area contributed by atoms with E-state index in [2.05, 4.69) is 20.2 Å². The first-order chi connectivity index (χ1) is 22.5. The molecule has 2 aromatic heterocycles. The van der Waals surface area contributed by atoms with E-state index in [0.717, 1.165) is 64.3 Å². The molecule has 0 bridgehead atoms. The minimum Gasteiger partial charge on any atom is -0.492 e. The molecule has 0 unspecified atom stereocenters. The zero-order chi connectivity index (χ0) is 33.6. The molecular weight excluding hydrogens is 645 g/mol. The van der Waals surface area contributed by atoms with Crippen LogP contribution in [-0.4, -0.2) is 55.7 Å². The summed E-state index contributed by atoms with van der Waals surface area (Å²) in [5, 5.41) is 17.7. The van der Waals surface area contributed by atoms with Gasteiger partial charge in [-0.25, -0.2) is 13.2 Å². The summed E-state index contributed by atoms with van der Waals surface area (Å²) >= 11 is 0.986. The molecule has 1 aliphatic rings. The second kappa shape index (κ2) is 14.7. The zero-order valence-corrected chi connectivity index (χ0v) is 27.3. The van der Waals surface area contributed by atoms with Crippen molar-refractivity contribution in [3.8, 4) is 16.9 Å². The van der Waals surface area contributed by atoms with E-state index in [1.807, 2.05) is 43.3 Å². The normalized spacial score (nSPS) is 13.0. The highest BCUT2D eigenvalue weighted by Gasteiger charge is 2.30. The van der Waals surface area contributed by atoms with Gasteiger partial charge in [-0.1, -0.05) is 29.4 Å². The molecule has 0 fully saturated rings. The van der Waals surface area contributed by atoms with E-state index in [1.165, 1.54) is 6.07 Å². The number of rotatable bonds is 15. The Labute approximate surface area is 276 Å². The minimum absolute atomic E-state index is 0.0189. The van der Waals surface area contributed by atoms with Crippen molar-refractivity contribution in [1.29, 1.82) is 0 Å². The van der Waals surface area contributed by atoms with E-state index in [1.54, 1.807) is 11.4 Å². The Morgan fingerprint density at radius 3 is 2.68 bits per heavy atom. The number of carboxylic acids is 1. The SMILES string of the molecule is Cc1cc(CCCc2ccccc2-c2cc3c(c(S(=O)(=O)Nc4ccsc4C(=O)N[C@@H](CCCN=C(N)N)C(=O)O)c2)OCC3)no1. The smallest absolute Gasteiger partial charge is 0.326 e. The molecule has 1 amide bonds. The standard InChI is InChI=1S/C32H36N6O7S2/c1-19-16-23(37-45-19)8-4-7-20-6-2-3-9-24(20)22-17-21-11-14-44-28(21)27(18-22)47(42,43)38-25-12-15-46-29(25)30(39)36-26(31(40)41)10-5-13-35-32(33)34/h2-3,6,9,12,15-18,26,38H,4-5,7-8,10-11,13-14H2,1H3,(H,36,39)(H,40,41)(H4,33,34,35)/t26-/m0/s1. The van der Waals surface area contributed by atoms with Crippen LogP contribution in [0.4, 0.5) is 5.69 Å². The number of hydrogen-bond donors (Lipinski definition) is 5. The van der Waals surface area contributed by atoms with Gasteiger partial charge in [-0.2, -0.15) is 0 Å². The number of aromatic nitrogens is 1. The number of guanidine groups is 1. The average Bonchev–Trinajstić information content (AvgIpc) is 3.79. The highest BCUT2D eigenvalue weighted by molar-refractivity contribution is 7.92. The number of thiophene rings is 1. The van der Waals surface area contributed by atoms with Gasteiger partial charge in [0.2, 0.25) is 0 Å². The van der Waals surface area contributed by atoms with Crippen molar-refractivity contribution in [2.45, 2.75) is 56.4 Å². The molecule has 0 saturated heterocycles. The third-order valence-electron chi connectivity index (χ3n) is 7.59. The first-order valence-corrected chi connectivity index (χ1v) is 17.4. The van der Waals surface area contributed by atoms with Gasteiger partial charge < -0.3 is 31.2 Å². The summed E-state index contributed by atoms with van der Waals surface area (Å²) in [6.45, 7) is 2.39. The molecular formula is C32H36N6O7S2. The largest absolute Gasteiger partial charge is 0.492 e. The summed E-state index contributed by atoms with van der Waals surface area (Å²) in [5.74, 6) is -1.04. The van der Waals surface area contributed by atoms with Gasteiger partial charge in [0.25, 0.3) is 15.9 Å². The molecule has 47 heavy (non-hydrogen) atoms. The van der Waals surface area contributed by atoms with Gasteiger partial charge in [0, 0.05) is 19.0 Å². The summed E-state index contributed by atoms with van der Waals surface area (Å²) in [4.78, 5) is 28.8. The highest BCUT2D eigenvalue weighted by atomic mass is 32.2. The lowest BCUT2D eigenvalue weighted by molar-refractivity contribution is -0.139. The van der Waals surface area contributed by atoms with Crippen LogP contribution in [0.5, 0.6) is 5.75 Å². The van der Waals surface area contributed by atoms with E-state index >= 15 is 0 Å². The molecule has 2 aromatic carbocycles. The summed E-state index contributed by atoms with van der Waals surface area (Å²) in [7, 11) is -4.25. The van der Waals surface area contributed by atoms with Crippen molar-refractivity contribution >= 4 is 44.9 Å². The maximum Gasteiger partial charge on any atom is 0.326 e. The van der Waals surface area contributed by atoms with E-state index < -0.39 is 27.9 Å². The Morgan fingerprint density at radius 2 is 1.94 bits per heavy atom. The van der Waals surface area contributed by atoms with Gasteiger partial charge >= 0.3 is 5.97 Å². The van der Waals surface area contributed by atoms with E-state index in [-0.39, 0.29) is 40.1 Å². The number of benzene rings is 2. The summed E-state index contributed by atoms with van der Waals surface area (Å²) in [6, 6.07) is 13.6. The number of aryl methyl sites for hydroxylation is 3. The lowest BCUT2D eigenvalue weighted by Crippen LogP contribution is -2.40. The lowest BCUT2D eigenvalue weighted by Gasteiger charge is -2.16. The molecule has 15 heteroatoms. The fourth-order valence-corrected chi connectivity index (χ4v) is 7.50. The number of carbonyl (C=O) groups is 2. The maximum atomic E-state index is 13.9. The van der Waals surface area contributed by atoms with Crippen molar-refractivity contribution in [1.82, 2.24) is 10.5 Å². The van der Waals surface area contributed by atoms with Crippen LogP contribution >= 0.6 is 11.3 Å². The third-order valence-corrected chi connectivity index (χ3v) is 9.87. The first-order valence-electron chi connectivity index (χ1n) is 15.0. The second-order valence-electron chi connectivity index (χ2n) is 11.1. The highest BCUT2D eigenvalue weighted by Crippen LogP contribution is 2.39. The van der Waals surface area contributed by atoms with Crippen molar-refractivity contribution in [3.63, 3.8) is 0 Å². The number of fused-ring (bicyclic) bond motifs is 1. The molecule has 13 nitrogen and oxygen atoms in total. The Morgan fingerprint density at radius 1 is 1.13 bits per heavy atom. The number of aliphatic carboxylic acids is 1. The number of nitrogens with two attached hydrogens (primary N) is 2. The summed E-state index contributed by atoms with van der Waals surface area (Å²) in [6.07, 6.45) is 3.24. The van der Waals surface area contributed by atoms with Crippen LogP contribution in [0.15, 0.2) is 68.3 Å². The number of nitrogens with zero attached hydrogens (tertiary/aromatic N) is 2. The number of anilines is 1. The lowest BCUT2D eigenvalue weighted by atomic mass is 9.94. The van der Waals surface area contributed by atoms with Crippen molar-refractivity contribution in [2.24, 2.45) is 16.5 Å². The number of carboxylic acid groups (broad SMARTS) is 1. The fraction of sp³-hybridized carbons (Fsp3) is 0.312. The third kappa shape index (κ3) is 8.29. The van der Waals surface area contributed by atoms with E-state index in [9.17, 15) is 23.1 Å². The molecule has 1 atom stereocenters. The number of hydrogen-bond acceptors (Lipinski definition) is 9. The maximum absolute atomic E-state index is 13.9. The van der Waals surface area contributed by atoms with Crippen LogP contribution in [0.2, 0.25) is 0 Å². The number of nitrogens with one attached hydrogen (secondary N) is 2. The molecule has 248 valence electrons. The number of amides is 1. The predicted octanol–water partition coefficient (Wildman–Crippen LogP) is 3.86. The predicted molar refractivity (Wildman–Crippen MR) is 178 cm³/mol. The quantitative estimate of drug-likeness (QED) is 0.0695. The van der Waals surface area contributed by atoms with Gasteiger partial charge in [-0.3, -0.25) is 14.5 Å². The molecule has 7 N–H and O–H groups in total. The Hall–Kier alpha value is -4.89. The Kier molecular flexibility index (Phi) is 10.5. The van der Waals surface area contributed by atoms with Crippen molar-refractivity contribution < 1.29 is 32.4 Å². The van der Waals surface area contributed by atoms with Crippen LogP contribution < -0.4 is 26.2 Å². The number of aliphatic imine (C=N–C) groups is 1. The van der Waals surface area contributed by atoms with Gasteiger partial charge in [-0.15, -0.1) is 11.3 Å². The number of ether oxygens (including phenoxy) is 1. The van der Waals surface area contributed by atoms with Gasteiger partial charge in [0.15, 0.2) is 5.96 Å². The van der Waals surface area contributed by atoms with Crippen LogP contribution in [0, 0.1) is 6.92 Å². The van der Waals surface area contributed by atoms with Gasteiger partial charge in [0.05, 0.1) is 18.0 Å². The number of carbonyl (C=O) groups excluding carboxylic acids is 1. The van der Waals surface area contributed by atoms with Crippen molar-refractivity contribution in [3.05, 3.63) is 81.4 Å². The molecule has 4 aromatic rings. The van der Waals surface area contributed by atoms with Gasteiger partial charge in [-0.05, 0) is 84.9 Å². The topological polar surface area (TPSA) is 212 Å². The summed E-state index contributed by atoms with van der Waals surface area (Å²) < 4.78 is 41.4. The van der Waals surface area contributed by atoms with Crippen LogP contribution in [-0.2, 0) is 34.1 Å². The first kappa shape index (κ1) is 33.5. The second-order valence-corrected chi connectivity index (χ2v) is 13.6. The van der Waals surface area contributed by atoms with Crippen LogP contribution in [0.3, 0.4) is 0 Å². The fourth-order valence-electron chi connectivity index (χ4n) is 5.39. The monoisotopic (exact) mass is 680 g/mol. The molecule has 5 rings (SSSR count). The minimum atomic E-state index is -4.25. The van der Waals surface area contributed by atoms with Crippen LogP contribution in [0.25, 0.3) is 11.1 Å². The average molecular weight is 681 g/mol. The van der Waals surface area contributed by atoms with Crippen LogP contribution in [0.1, 0.15) is 51.5 Å². The molecule has 1 aliphatic heterocycles. The van der Waals surface area contributed by atoms with Gasteiger partial charge in [0.1, 0.15) is 27.3 Å². The van der Waals surface area contributed by atoms with E-state index in [4.69, 9.17) is 20.7 Å². The number of sulfonamides is 1. The Bertz CT molecular complexity index is 1900. The van der Waals surface area contributed by atoms with Crippen molar-refractivity contribution in [2.75, 3.05) is 17.9 Å². The molecule has 3 heterocycles. The van der Waals surface area contributed by atoms with E-state index in [0.29, 0.717) is 19.4 Å². The molecule has 0 aliphatic carbocycles.